The van der Waals surface area contributed by atoms with Crippen molar-refractivity contribution >= 4 is 34.6 Å². The smallest absolute Gasteiger partial charge is 0.413 e. The second-order valence-electron chi connectivity index (χ2n) is 4.27. The van der Waals surface area contributed by atoms with Crippen LogP contribution in [-0.4, -0.2) is 33.9 Å². The highest BCUT2D eigenvalue weighted by atomic mass is 32.1. The zero-order valence-electron chi connectivity index (χ0n) is 10.1. The zero-order chi connectivity index (χ0) is 13.8. The van der Waals surface area contributed by atoms with E-state index in [1.807, 2.05) is 0 Å². The molecule has 7 nitrogen and oxygen atoms in total. The molecule has 0 aliphatic carbocycles. The van der Waals surface area contributed by atoms with Crippen molar-refractivity contribution in [2.24, 2.45) is 5.16 Å². The third kappa shape index (κ3) is 4.13. The van der Waals surface area contributed by atoms with Crippen LogP contribution < -0.4 is 5.32 Å². The third-order valence-corrected chi connectivity index (χ3v) is 2.35. The Kier molecular flexibility index (Phi) is 4.38. The molecule has 0 fully saturated rings. The van der Waals surface area contributed by atoms with Crippen LogP contribution in [0.1, 0.15) is 26.5 Å². The summed E-state index contributed by atoms with van der Waals surface area (Å²) in [5.41, 5.74) is -0.628. The number of hydrogen-bond acceptors (Lipinski definition) is 7. The summed E-state index contributed by atoms with van der Waals surface area (Å²) in [4.78, 5) is 25.9. The molecule has 0 saturated heterocycles. The Labute approximate surface area is 107 Å². The lowest BCUT2D eigenvalue weighted by Gasteiger charge is -2.18. The van der Waals surface area contributed by atoms with Gasteiger partial charge < -0.3 is 9.94 Å². The van der Waals surface area contributed by atoms with Crippen molar-refractivity contribution in [3.05, 3.63) is 11.1 Å². The maximum atomic E-state index is 11.4. The van der Waals surface area contributed by atoms with Gasteiger partial charge in [-0.05, 0) is 20.8 Å². The predicted molar refractivity (Wildman–Crippen MR) is 66.4 cm³/mol. The van der Waals surface area contributed by atoms with Crippen LogP contribution in [0.4, 0.5) is 9.93 Å². The Hall–Kier alpha value is -1.96. The maximum Gasteiger partial charge on any atom is 0.413 e. The minimum atomic E-state index is -0.642. The summed E-state index contributed by atoms with van der Waals surface area (Å²) >= 11 is 1.09. The molecule has 0 atom stereocenters. The number of oxime groups is 1. The number of nitrogens with zero attached hydrogens (tertiary/aromatic N) is 2. The quantitative estimate of drug-likeness (QED) is 0.378. The van der Waals surface area contributed by atoms with E-state index in [0.29, 0.717) is 6.29 Å². The Morgan fingerprint density at radius 2 is 2.28 bits per heavy atom. The van der Waals surface area contributed by atoms with Crippen LogP contribution in [0.5, 0.6) is 0 Å². The number of ether oxygens (including phenoxy) is 1. The van der Waals surface area contributed by atoms with Crippen LogP contribution in [-0.2, 0) is 9.53 Å². The Morgan fingerprint density at radius 3 is 2.78 bits per heavy atom. The first-order valence-corrected chi connectivity index (χ1v) is 5.87. The average molecular weight is 271 g/mol. The number of aromatic nitrogens is 1. The Bertz CT molecular complexity index is 476. The second kappa shape index (κ2) is 5.58. The maximum absolute atomic E-state index is 11.4. The highest BCUT2D eigenvalue weighted by molar-refractivity contribution is 7.14. The monoisotopic (exact) mass is 271 g/mol. The number of carbonyl (C=O) groups excluding carboxylic acids is 2. The minimum Gasteiger partial charge on any atom is -0.444 e. The van der Waals surface area contributed by atoms with E-state index < -0.39 is 11.7 Å². The molecule has 0 radical (unpaired) electrons. The predicted octanol–water partition coefficient (Wildman–Crippen LogP) is 1.87. The summed E-state index contributed by atoms with van der Waals surface area (Å²) in [6, 6.07) is 0. The molecule has 2 N–H and O–H groups in total. The molecule has 0 aliphatic heterocycles. The fraction of sp³-hybridized carbons (Fsp3) is 0.400. The molecule has 18 heavy (non-hydrogen) atoms. The fourth-order valence-corrected chi connectivity index (χ4v) is 1.66. The first-order chi connectivity index (χ1) is 8.35. The summed E-state index contributed by atoms with van der Waals surface area (Å²) < 4.78 is 5.03. The van der Waals surface area contributed by atoms with E-state index in [9.17, 15) is 9.59 Å². The van der Waals surface area contributed by atoms with Crippen LogP contribution in [0.3, 0.4) is 0 Å². The van der Waals surface area contributed by atoms with Crippen molar-refractivity contribution in [1.29, 1.82) is 0 Å². The number of amides is 1. The second-order valence-corrected chi connectivity index (χ2v) is 5.13. The summed E-state index contributed by atoms with van der Waals surface area (Å²) in [6.07, 6.45) is -0.274. The minimum absolute atomic E-state index is 0.184. The van der Waals surface area contributed by atoms with E-state index in [2.05, 4.69) is 15.5 Å². The molecule has 0 saturated carbocycles. The molecular formula is C10H13N3O4S. The van der Waals surface area contributed by atoms with Crippen LogP contribution in [0, 0.1) is 0 Å². The van der Waals surface area contributed by atoms with E-state index in [4.69, 9.17) is 9.94 Å². The first kappa shape index (κ1) is 14.1. The average Bonchev–Trinajstić information content (AvgIpc) is 2.65. The van der Waals surface area contributed by atoms with Crippen molar-refractivity contribution in [3.63, 3.8) is 0 Å². The van der Waals surface area contributed by atoms with Gasteiger partial charge >= 0.3 is 6.09 Å². The lowest BCUT2D eigenvalue weighted by Crippen LogP contribution is -2.27. The number of aldehydes is 1. The highest BCUT2D eigenvalue weighted by Crippen LogP contribution is 2.17. The van der Waals surface area contributed by atoms with Gasteiger partial charge in [0.1, 0.15) is 11.3 Å². The standard InChI is InChI=1S/C10H13N3O4S/c1-10(2,3)17-9(15)12-8-11-7(5-18-8)6(4-14)13-16/h4-5,16H,1-3H3,(H,11,12,15)/b13-6+. The van der Waals surface area contributed by atoms with Gasteiger partial charge in [-0.2, -0.15) is 0 Å². The molecule has 0 unspecified atom stereocenters. The molecule has 1 heterocycles. The van der Waals surface area contributed by atoms with Gasteiger partial charge in [-0.3, -0.25) is 10.1 Å². The molecule has 98 valence electrons. The van der Waals surface area contributed by atoms with Gasteiger partial charge in [0.15, 0.2) is 17.1 Å². The van der Waals surface area contributed by atoms with Crippen molar-refractivity contribution < 1.29 is 19.5 Å². The van der Waals surface area contributed by atoms with Crippen LogP contribution in [0.15, 0.2) is 10.5 Å². The number of thiazole rings is 1. The lowest BCUT2D eigenvalue weighted by atomic mass is 10.2. The van der Waals surface area contributed by atoms with Crippen LogP contribution >= 0.6 is 11.3 Å². The normalized spacial score (nSPS) is 12.1. The SMILES string of the molecule is CC(C)(C)OC(=O)Nc1nc(/C(C=O)=N/O)cs1. The summed E-state index contributed by atoms with van der Waals surface area (Å²) in [5, 5.41) is 15.5. The largest absolute Gasteiger partial charge is 0.444 e. The van der Waals surface area contributed by atoms with E-state index in [1.54, 1.807) is 20.8 Å². The van der Waals surface area contributed by atoms with E-state index in [1.165, 1.54) is 5.38 Å². The van der Waals surface area contributed by atoms with Gasteiger partial charge in [0.2, 0.25) is 0 Å². The van der Waals surface area contributed by atoms with Gasteiger partial charge in [0.05, 0.1) is 0 Å². The first-order valence-electron chi connectivity index (χ1n) is 4.99. The van der Waals surface area contributed by atoms with Gasteiger partial charge in [-0.15, -0.1) is 11.3 Å². The number of anilines is 1. The summed E-state index contributed by atoms with van der Waals surface area (Å²) in [7, 11) is 0. The molecule has 8 heteroatoms. The summed E-state index contributed by atoms with van der Waals surface area (Å²) in [5.74, 6) is 0. The van der Waals surface area contributed by atoms with Gasteiger partial charge in [0.25, 0.3) is 0 Å². The zero-order valence-corrected chi connectivity index (χ0v) is 10.9. The van der Waals surface area contributed by atoms with Crippen molar-refractivity contribution in [2.75, 3.05) is 5.32 Å². The Morgan fingerprint density at radius 1 is 1.61 bits per heavy atom. The van der Waals surface area contributed by atoms with Crippen LogP contribution in [0.25, 0.3) is 0 Å². The van der Waals surface area contributed by atoms with Gasteiger partial charge in [-0.25, -0.2) is 9.78 Å². The number of hydrogen-bond donors (Lipinski definition) is 2. The number of carbonyl (C=O) groups is 2. The van der Waals surface area contributed by atoms with E-state index >= 15 is 0 Å². The molecule has 0 spiro atoms. The fourth-order valence-electron chi connectivity index (χ4n) is 0.975. The molecular weight excluding hydrogens is 258 g/mol. The van der Waals surface area contributed by atoms with Gasteiger partial charge in [-0.1, -0.05) is 5.16 Å². The van der Waals surface area contributed by atoms with E-state index in [-0.39, 0.29) is 16.5 Å². The molecule has 1 aromatic heterocycles. The molecule has 0 aliphatic rings. The van der Waals surface area contributed by atoms with Crippen molar-refractivity contribution in [2.45, 2.75) is 26.4 Å². The molecule has 1 aromatic rings. The highest BCUT2D eigenvalue weighted by Gasteiger charge is 2.17. The van der Waals surface area contributed by atoms with Crippen LogP contribution in [0.2, 0.25) is 0 Å². The Balaban J connectivity index is 2.70. The lowest BCUT2D eigenvalue weighted by molar-refractivity contribution is -0.102. The molecule has 0 bridgehead atoms. The molecule has 1 rings (SSSR count). The van der Waals surface area contributed by atoms with Crippen molar-refractivity contribution in [1.82, 2.24) is 4.98 Å². The summed E-state index contributed by atoms with van der Waals surface area (Å²) in [6.45, 7) is 5.22. The van der Waals surface area contributed by atoms with Gasteiger partial charge in [0, 0.05) is 5.38 Å². The topological polar surface area (TPSA) is 101 Å². The third-order valence-electron chi connectivity index (χ3n) is 1.59. The van der Waals surface area contributed by atoms with Crippen molar-refractivity contribution in [3.8, 4) is 0 Å². The molecule has 0 aromatic carbocycles. The number of rotatable bonds is 3. The number of nitrogens with one attached hydrogen (secondary N) is 1. The van der Waals surface area contributed by atoms with E-state index in [0.717, 1.165) is 11.3 Å². The molecule has 1 amide bonds.